The van der Waals surface area contributed by atoms with Gasteiger partial charge in [0.1, 0.15) is 0 Å². The third-order valence-electron chi connectivity index (χ3n) is 4.85. The van der Waals surface area contributed by atoms with E-state index < -0.39 is 0 Å². The van der Waals surface area contributed by atoms with Crippen LogP contribution in [0.3, 0.4) is 0 Å². The number of hydrogen-bond donors (Lipinski definition) is 0. The predicted molar refractivity (Wildman–Crippen MR) is 100 cm³/mol. The van der Waals surface area contributed by atoms with Crippen molar-refractivity contribution >= 4 is 11.6 Å². The molecule has 132 valence electrons. The fraction of sp³-hybridized carbons (Fsp3) is 0.286. The van der Waals surface area contributed by atoms with Gasteiger partial charge in [0, 0.05) is 24.2 Å². The number of benzene rings is 2. The molecule has 1 fully saturated rings. The summed E-state index contributed by atoms with van der Waals surface area (Å²) < 4.78 is 5.49. The van der Waals surface area contributed by atoms with Crippen molar-refractivity contribution in [2.45, 2.75) is 33.1 Å². The van der Waals surface area contributed by atoms with Gasteiger partial charge in [0.15, 0.2) is 0 Å². The molecule has 1 aromatic heterocycles. The molecule has 1 aliphatic rings. The molecule has 0 spiro atoms. The molecule has 0 N–H and O–H groups in total. The molecule has 4 rings (SSSR count). The Balaban J connectivity index is 1.59. The van der Waals surface area contributed by atoms with E-state index in [0.717, 1.165) is 27.9 Å². The Morgan fingerprint density at radius 1 is 1.08 bits per heavy atom. The minimum atomic E-state index is -0.0755. The first-order valence-corrected chi connectivity index (χ1v) is 8.79. The Hall–Kier alpha value is -2.95. The molecule has 3 aromatic rings. The third-order valence-corrected chi connectivity index (χ3v) is 4.85. The van der Waals surface area contributed by atoms with Crippen molar-refractivity contribution in [3.8, 4) is 11.4 Å². The molecule has 2 heterocycles. The smallest absolute Gasteiger partial charge is 0.232 e. The summed E-state index contributed by atoms with van der Waals surface area (Å²) in [5.41, 5.74) is 5.27. The van der Waals surface area contributed by atoms with Gasteiger partial charge in [-0.15, -0.1) is 0 Å². The zero-order chi connectivity index (χ0) is 18.3. The van der Waals surface area contributed by atoms with Crippen molar-refractivity contribution in [3.05, 3.63) is 65.0 Å². The van der Waals surface area contributed by atoms with Gasteiger partial charge < -0.3 is 9.42 Å². The second kappa shape index (κ2) is 6.41. The summed E-state index contributed by atoms with van der Waals surface area (Å²) in [7, 11) is 0. The van der Waals surface area contributed by atoms with E-state index in [1.54, 1.807) is 0 Å². The first-order chi connectivity index (χ1) is 12.5. The SMILES string of the molecule is Cc1cccc(-c2noc(C3CC(=O)N(c4cc(C)ccc4C)C3)n2)c1. The summed E-state index contributed by atoms with van der Waals surface area (Å²) in [5.74, 6) is 1.12. The van der Waals surface area contributed by atoms with Crippen LogP contribution >= 0.6 is 0 Å². The average molecular weight is 347 g/mol. The van der Waals surface area contributed by atoms with Gasteiger partial charge in [-0.25, -0.2) is 0 Å². The highest BCUT2D eigenvalue weighted by molar-refractivity contribution is 5.97. The van der Waals surface area contributed by atoms with Crippen molar-refractivity contribution in [1.82, 2.24) is 10.1 Å². The van der Waals surface area contributed by atoms with Crippen LogP contribution in [0.1, 0.15) is 34.9 Å². The highest BCUT2D eigenvalue weighted by atomic mass is 16.5. The highest BCUT2D eigenvalue weighted by Gasteiger charge is 2.35. The maximum Gasteiger partial charge on any atom is 0.232 e. The zero-order valence-electron chi connectivity index (χ0n) is 15.2. The molecule has 1 unspecified atom stereocenters. The highest BCUT2D eigenvalue weighted by Crippen LogP contribution is 2.33. The minimum absolute atomic E-state index is 0.0755. The Morgan fingerprint density at radius 3 is 2.69 bits per heavy atom. The van der Waals surface area contributed by atoms with E-state index >= 15 is 0 Å². The second-order valence-corrected chi connectivity index (χ2v) is 7.02. The quantitative estimate of drug-likeness (QED) is 0.713. The summed E-state index contributed by atoms with van der Waals surface area (Å²) in [4.78, 5) is 19.0. The molecular weight excluding hydrogens is 326 g/mol. The summed E-state index contributed by atoms with van der Waals surface area (Å²) >= 11 is 0. The summed E-state index contributed by atoms with van der Waals surface area (Å²) in [6.45, 7) is 6.66. The molecule has 2 aromatic carbocycles. The largest absolute Gasteiger partial charge is 0.339 e. The maximum absolute atomic E-state index is 12.6. The van der Waals surface area contributed by atoms with Crippen LogP contribution in [-0.4, -0.2) is 22.6 Å². The standard InChI is InChI=1S/C21H21N3O2/c1-13-5-4-6-16(9-13)20-22-21(26-23-20)17-11-19(25)24(12-17)18-10-14(2)7-8-15(18)3/h4-10,17H,11-12H2,1-3H3. The Morgan fingerprint density at radius 2 is 1.88 bits per heavy atom. The molecule has 1 atom stereocenters. The first-order valence-electron chi connectivity index (χ1n) is 8.79. The topological polar surface area (TPSA) is 59.2 Å². The van der Waals surface area contributed by atoms with Gasteiger partial charge in [0.2, 0.25) is 17.6 Å². The Labute approximate surface area is 152 Å². The monoisotopic (exact) mass is 347 g/mol. The molecule has 0 bridgehead atoms. The molecule has 1 saturated heterocycles. The lowest BCUT2D eigenvalue weighted by Gasteiger charge is -2.19. The number of aromatic nitrogens is 2. The maximum atomic E-state index is 12.6. The van der Waals surface area contributed by atoms with Gasteiger partial charge >= 0.3 is 0 Å². The molecule has 0 radical (unpaired) electrons. The van der Waals surface area contributed by atoms with Crippen LogP contribution in [0.25, 0.3) is 11.4 Å². The Bertz CT molecular complexity index is 977. The van der Waals surface area contributed by atoms with E-state index in [9.17, 15) is 4.79 Å². The van der Waals surface area contributed by atoms with E-state index in [4.69, 9.17) is 4.52 Å². The normalized spacial score (nSPS) is 17.1. The van der Waals surface area contributed by atoms with Gasteiger partial charge in [0.05, 0.1) is 5.92 Å². The van der Waals surface area contributed by atoms with Crippen molar-refractivity contribution in [1.29, 1.82) is 0 Å². The lowest BCUT2D eigenvalue weighted by molar-refractivity contribution is -0.117. The van der Waals surface area contributed by atoms with E-state index in [1.165, 1.54) is 0 Å². The number of rotatable bonds is 3. The van der Waals surface area contributed by atoms with Gasteiger partial charge in [-0.3, -0.25) is 4.79 Å². The lowest BCUT2D eigenvalue weighted by Crippen LogP contribution is -2.25. The lowest BCUT2D eigenvalue weighted by atomic mass is 10.1. The van der Waals surface area contributed by atoms with Gasteiger partial charge in [-0.2, -0.15) is 4.98 Å². The fourth-order valence-corrected chi connectivity index (χ4v) is 3.42. The summed E-state index contributed by atoms with van der Waals surface area (Å²) in [5, 5.41) is 4.11. The average Bonchev–Trinajstić information content (AvgIpc) is 3.24. The van der Waals surface area contributed by atoms with Crippen molar-refractivity contribution < 1.29 is 9.32 Å². The summed E-state index contributed by atoms with van der Waals surface area (Å²) in [6.07, 6.45) is 0.392. The predicted octanol–water partition coefficient (Wildman–Crippen LogP) is 4.18. The molecule has 0 aliphatic carbocycles. The number of carbonyl (C=O) groups excluding carboxylic acids is 1. The van der Waals surface area contributed by atoms with Crippen molar-refractivity contribution in [3.63, 3.8) is 0 Å². The molecule has 0 saturated carbocycles. The van der Waals surface area contributed by atoms with E-state index in [0.29, 0.717) is 24.7 Å². The molecule has 5 heteroatoms. The van der Waals surface area contributed by atoms with Crippen LogP contribution in [0.4, 0.5) is 5.69 Å². The summed E-state index contributed by atoms with van der Waals surface area (Å²) in [6, 6.07) is 14.2. The second-order valence-electron chi connectivity index (χ2n) is 7.02. The van der Waals surface area contributed by atoms with E-state index in [2.05, 4.69) is 22.3 Å². The number of nitrogens with zero attached hydrogens (tertiary/aromatic N) is 3. The van der Waals surface area contributed by atoms with Crippen molar-refractivity contribution in [2.24, 2.45) is 0 Å². The molecule has 1 aliphatic heterocycles. The van der Waals surface area contributed by atoms with E-state index in [-0.39, 0.29) is 11.8 Å². The van der Waals surface area contributed by atoms with Gasteiger partial charge in [0.25, 0.3) is 0 Å². The van der Waals surface area contributed by atoms with Crippen LogP contribution in [0, 0.1) is 20.8 Å². The van der Waals surface area contributed by atoms with Crippen LogP contribution in [0.15, 0.2) is 47.0 Å². The number of anilines is 1. The fourth-order valence-electron chi connectivity index (χ4n) is 3.42. The third kappa shape index (κ3) is 3.01. The van der Waals surface area contributed by atoms with Crippen LogP contribution in [-0.2, 0) is 4.79 Å². The van der Waals surface area contributed by atoms with Crippen LogP contribution in [0.5, 0.6) is 0 Å². The van der Waals surface area contributed by atoms with Gasteiger partial charge in [-0.05, 0) is 44.0 Å². The minimum Gasteiger partial charge on any atom is -0.339 e. The number of aryl methyl sites for hydroxylation is 3. The molecule has 1 amide bonds. The zero-order valence-corrected chi connectivity index (χ0v) is 15.2. The number of carbonyl (C=O) groups is 1. The number of hydrogen-bond acceptors (Lipinski definition) is 4. The van der Waals surface area contributed by atoms with Crippen molar-refractivity contribution in [2.75, 3.05) is 11.4 Å². The Kier molecular flexibility index (Phi) is 4.07. The van der Waals surface area contributed by atoms with Crippen LogP contribution < -0.4 is 4.90 Å². The molecular formula is C21H21N3O2. The molecule has 5 nitrogen and oxygen atoms in total. The first kappa shape index (κ1) is 16.5. The van der Waals surface area contributed by atoms with Crippen LogP contribution in [0.2, 0.25) is 0 Å². The van der Waals surface area contributed by atoms with E-state index in [1.807, 2.05) is 56.0 Å². The number of amides is 1. The van der Waals surface area contributed by atoms with Gasteiger partial charge in [-0.1, -0.05) is 41.1 Å². The molecule has 26 heavy (non-hydrogen) atoms.